The van der Waals surface area contributed by atoms with E-state index in [0.717, 1.165) is 21.2 Å². The van der Waals surface area contributed by atoms with Crippen LogP contribution in [0.5, 0.6) is 0 Å². The van der Waals surface area contributed by atoms with E-state index in [4.69, 9.17) is 0 Å². The topological polar surface area (TPSA) is 66.5 Å². The van der Waals surface area contributed by atoms with E-state index in [1.54, 1.807) is 0 Å². The number of rotatable bonds is 7. The van der Waals surface area contributed by atoms with Gasteiger partial charge >= 0.3 is 0 Å². The number of hydrogen-bond donors (Lipinski definition) is 1. The van der Waals surface area contributed by atoms with Crippen molar-refractivity contribution in [2.45, 2.75) is 31.6 Å². The number of benzene rings is 3. The maximum atomic E-state index is 13.2. The van der Waals surface area contributed by atoms with Crippen LogP contribution in [0.1, 0.15) is 41.1 Å². The highest BCUT2D eigenvalue weighted by Crippen LogP contribution is 2.26. The van der Waals surface area contributed by atoms with Gasteiger partial charge in [0.15, 0.2) is 0 Å². The smallest absolute Gasteiger partial charge is 0.223 e. The third-order valence-corrected chi connectivity index (χ3v) is 8.69. The summed E-state index contributed by atoms with van der Waals surface area (Å²) in [5.41, 5.74) is 3.97. The van der Waals surface area contributed by atoms with Crippen LogP contribution < -0.4 is 5.32 Å². The number of nitrogens with zero attached hydrogens (tertiary/aromatic N) is 1. The van der Waals surface area contributed by atoms with Crippen LogP contribution in [0.4, 0.5) is 0 Å². The molecule has 3 aromatic carbocycles. The molecule has 3 aromatic rings. The number of nitrogens with one attached hydrogen (secondary N) is 1. The Bertz CT molecular complexity index is 1200. The number of sulfonamides is 1. The molecule has 1 amide bonds. The van der Waals surface area contributed by atoms with Crippen LogP contribution >= 0.6 is 15.9 Å². The maximum absolute atomic E-state index is 13.2. The highest BCUT2D eigenvalue weighted by molar-refractivity contribution is 9.10. The van der Waals surface area contributed by atoms with Crippen LogP contribution in [0.15, 0.2) is 83.3 Å². The average molecular weight is 542 g/mol. The molecule has 0 spiro atoms. The fourth-order valence-electron chi connectivity index (χ4n) is 4.30. The third kappa shape index (κ3) is 6.14. The number of aryl methyl sites for hydroxylation is 1. The van der Waals surface area contributed by atoms with Crippen LogP contribution in [0.2, 0.25) is 0 Å². The van der Waals surface area contributed by atoms with Gasteiger partial charge in [0.05, 0.1) is 11.8 Å². The summed E-state index contributed by atoms with van der Waals surface area (Å²) in [6, 6.07) is 25.2. The Labute approximate surface area is 210 Å². The molecule has 178 valence electrons. The Kier molecular flexibility index (Phi) is 7.86. The molecular formula is C27H29BrN2O3S. The van der Waals surface area contributed by atoms with Gasteiger partial charge in [0.2, 0.25) is 15.9 Å². The highest BCUT2D eigenvalue weighted by Gasteiger charge is 2.32. The fourth-order valence-corrected chi connectivity index (χ4v) is 6.13. The number of piperidine rings is 1. The van der Waals surface area contributed by atoms with Crippen LogP contribution in [0.3, 0.4) is 0 Å². The van der Waals surface area contributed by atoms with Crippen molar-refractivity contribution in [2.24, 2.45) is 5.92 Å². The van der Waals surface area contributed by atoms with Crippen molar-refractivity contribution in [3.63, 3.8) is 0 Å². The molecule has 1 aliphatic heterocycles. The van der Waals surface area contributed by atoms with Crippen molar-refractivity contribution in [1.82, 2.24) is 9.62 Å². The molecule has 0 saturated carbocycles. The summed E-state index contributed by atoms with van der Waals surface area (Å²) < 4.78 is 28.2. The Balaban J connectivity index is 1.40. The first-order valence-electron chi connectivity index (χ1n) is 11.5. The minimum absolute atomic E-state index is 0.0271. The molecule has 4 rings (SSSR count). The number of carbonyl (C=O) groups excluding carboxylic acids is 1. The molecular weight excluding hydrogens is 512 g/mol. The van der Waals surface area contributed by atoms with Crippen LogP contribution in [0, 0.1) is 12.8 Å². The minimum Gasteiger partial charge on any atom is -0.345 e. The minimum atomic E-state index is -3.43. The molecule has 0 radical (unpaired) electrons. The Morgan fingerprint density at radius 2 is 1.53 bits per heavy atom. The molecule has 0 aromatic heterocycles. The number of halogens is 1. The standard InChI is InChI=1S/C27H29BrN2O3S/c1-20-7-11-23(12-8-20)26(22-5-3-2-4-6-22)29-27(31)24-15-17-30(18-16-24)34(32,33)19-21-9-13-25(28)14-10-21/h2-14,24,26H,15-19H2,1H3,(H,29,31). The van der Waals surface area contributed by atoms with E-state index in [1.165, 1.54) is 9.87 Å². The summed E-state index contributed by atoms with van der Waals surface area (Å²) >= 11 is 3.37. The predicted octanol–water partition coefficient (Wildman–Crippen LogP) is 5.21. The van der Waals surface area contributed by atoms with Crippen molar-refractivity contribution in [3.8, 4) is 0 Å². The van der Waals surface area contributed by atoms with E-state index in [9.17, 15) is 13.2 Å². The Morgan fingerprint density at radius 1 is 0.941 bits per heavy atom. The molecule has 1 aliphatic rings. The largest absolute Gasteiger partial charge is 0.345 e. The molecule has 1 atom stereocenters. The quantitative estimate of drug-likeness (QED) is 0.447. The lowest BCUT2D eigenvalue weighted by Crippen LogP contribution is -2.44. The molecule has 5 nitrogen and oxygen atoms in total. The van der Waals surface area contributed by atoms with Crippen molar-refractivity contribution in [1.29, 1.82) is 0 Å². The van der Waals surface area contributed by atoms with Gasteiger partial charge < -0.3 is 5.32 Å². The normalized spacial score (nSPS) is 16.2. The fraction of sp³-hybridized carbons (Fsp3) is 0.296. The van der Waals surface area contributed by atoms with Crippen molar-refractivity contribution in [3.05, 3.63) is 106 Å². The highest BCUT2D eigenvalue weighted by atomic mass is 79.9. The first-order valence-corrected chi connectivity index (χ1v) is 13.9. The van der Waals surface area contributed by atoms with Gasteiger partial charge in [-0.25, -0.2) is 12.7 Å². The van der Waals surface area contributed by atoms with E-state index in [0.29, 0.717) is 25.9 Å². The van der Waals surface area contributed by atoms with Gasteiger partial charge in [-0.2, -0.15) is 0 Å². The molecule has 1 saturated heterocycles. The first kappa shape index (κ1) is 24.6. The summed E-state index contributed by atoms with van der Waals surface area (Å²) in [5, 5.41) is 3.23. The zero-order valence-electron chi connectivity index (χ0n) is 19.2. The molecule has 1 fully saturated rings. The second kappa shape index (κ2) is 10.8. The van der Waals surface area contributed by atoms with Crippen molar-refractivity contribution >= 4 is 31.9 Å². The summed E-state index contributed by atoms with van der Waals surface area (Å²) in [4.78, 5) is 13.2. The maximum Gasteiger partial charge on any atom is 0.223 e. The van der Waals surface area contributed by atoms with Gasteiger partial charge in [-0.1, -0.05) is 88.2 Å². The average Bonchev–Trinajstić information content (AvgIpc) is 2.85. The number of carbonyl (C=O) groups is 1. The summed E-state index contributed by atoms with van der Waals surface area (Å²) in [7, 11) is -3.43. The molecule has 34 heavy (non-hydrogen) atoms. The van der Waals surface area contributed by atoms with Gasteiger partial charge in [-0.15, -0.1) is 0 Å². The van der Waals surface area contributed by atoms with E-state index in [1.807, 2.05) is 85.8 Å². The molecule has 0 aliphatic carbocycles. The third-order valence-electron chi connectivity index (χ3n) is 6.31. The number of amides is 1. The molecule has 1 N–H and O–H groups in total. The van der Waals surface area contributed by atoms with Crippen LogP contribution in [-0.4, -0.2) is 31.7 Å². The van der Waals surface area contributed by atoms with Crippen LogP contribution in [0.25, 0.3) is 0 Å². The Hall–Kier alpha value is -2.48. The van der Waals surface area contributed by atoms with E-state index in [2.05, 4.69) is 21.2 Å². The second-order valence-corrected chi connectivity index (χ2v) is 11.7. The predicted molar refractivity (Wildman–Crippen MR) is 139 cm³/mol. The summed E-state index contributed by atoms with van der Waals surface area (Å²) in [6.07, 6.45) is 1.03. The Morgan fingerprint density at radius 3 is 2.15 bits per heavy atom. The van der Waals surface area contributed by atoms with E-state index < -0.39 is 10.0 Å². The zero-order chi connectivity index (χ0) is 24.1. The van der Waals surface area contributed by atoms with E-state index >= 15 is 0 Å². The van der Waals surface area contributed by atoms with Crippen LogP contribution in [-0.2, 0) is 20.6 Å². The van der Waals surface area contributed by atoms with Gasteiger partial charge in [0, 0.05) is 23.5 Å². The summed E-state index contributed by atoms with van der Waals surface area (Å²) in [6.45, 7) is 2.76. The van der Waals surface area contributed by atoms with E-state index in [-0.39, 0.29) is 23.6 Å². The zero-order valence-corrected chi connectivity index (χ0v) is 21.6. The van der Waals surface area contributed by atoms with Crippen molar-refractivity contribution in [2.75, 3.05) is 13.1 Å². The molecule has 7 heteroatoms. The number of hydrogen-bond acceptors (Lipinski definition) is 3. The second-order valence-electron chi connectivity index (χ2n) is 8.82. The van der Waals surface area contributed by atoms with Gasteiger partial charge in [-0.3, -0.25) is 4.79 Å². The summed E-state index contributed by atoms with van der Waals surface area (Å²) in [5.74, 6) is -0.268. The van der Waals surface area contributed by atoms with Gasteiger partial charge in [-0.05, 0) is 48.6 Å². The molecule has 1 heterocycles. The van der Waals surface area contributed by atoms with Crippen molar-refractivity contribution < 1.29 is 13.2 Å². The van der Waals surface area contributed by atoms with Gasteiger partial charge in [0.1, 0.15) is 0 Å². The van der Waals surface area contributed by atoms with Gasteiger partial charge in [0.25, 0.3) is 0 Å². The lowest BCUT2D eigenvalue weighted by atomic mass is 9.94. The molecule has 1 unspecified atom stereocenters. The SMILES string of the molecule is Cc1ccc(C(NC(=O)C2CCN(S(=O)(=O)Cc3ccc(Br)cc3)CC2)c2ccccc2)cc1. The first-order chi connectivity index (χ1) is 16.3. The lowest BCUT2D eigenvalue weighted by Gasteiger charge is -2.31. The molecule has 0 bridgehead atoms. The monoisotopic (exact) mass is 540 g/mol. The lowest BCUT2D eigenvalue weighted by molar-refractivity contribution is -0.126.